The number of phenols is 1. The van der Waals surface area contributed by atoms with Crippen LogP contribution in [0, 0.1) is 19.8 Å². The van der Waals surface area contributed by atoms with Crippen LogP contribution < -0.4 is 0 Å². The van der Waals surface area contributed by atoms with E-state index in [0.29, 0.717) is 5.75 Å². The van der Waals surface area contributed by atoms with Crippen molar-refractivity contribution in [2.45, 2.75) is 46.0 Å². The minimum absolute atomic E-state index is 0.377. The summed E-state index contributed by atoms with van der Waals surface area (Å²) in [5.74, 6) is 1.13. The van der Waals surface area contributed by atoms with Crippen molar-refractivity contribution in [2.24, 2.45) is 10.9 Å². The molecule has 0 aliphatic heterocycles. The second-order valence-corrected chi connectivity index (χ2v) is 5.46. The van der Waals surface area contributed by atoms with E-state index in [4.69, 9.17) is 0 Å². The van der Waals surface area contributed by atoms with Gasteiger partial charge in [-0.1, -0.05) is 31.4 Å². The summed E-state index contributed by atoms with van der Waals surface area (Å²) in [6.07, 6.45) is 8.58. The highest BCUT2D eigenvalue weighted by Gasteiger charge is 2.12. The molecule has 0 saturated heterocycles. The summed E-state index contributed by atoms with van der Waals surface area (Å²) < 4.78 is 0. The first-order valence-electron chi connectivity index (χ1n) is 6.97. The van der Waals surface area contributed by atoms with Crippen molar-refractivity contribution in [3.05, 3.63) is 28.8 Å². The molecule has 2 nitrogen and oxygen atoms in total. The van der Waals surface area contributed by atoms with Crippen LogP contribution in [0.2, 0.25) is 0 Å². The fourth-order valence-electron chi connectivity index (χ4n) is 2.64. The minimum atomic E-state index is 0.377. The third-order valence-electron chi connectivity index (χ3n) is 3.95. The summed E-state index contributed by atoms with van der Waals surface area (Å²) in [5, 5.41) is 10.0. The molecule has 2 heteroatoms. The number of nitrogens with zero attached hydrogens (tertiary/aromatic N) is 1. The third-order valence-corrected chi connectivity index (χ3v) is 3.95. The molecule has 0 heterocycles. The minimum Gasteiger partial charge on any atom is -0.507 e. The Kier molecular flexibility index (Phi) is 4.40. The first-order chi connectivity index (χ1) is 8.68. The number of benzene rings is 1. The maximum Gasteiger partial charge on any atom is 0.127 e. The van der Waals surface area contributed by atoms with Crippen molar-refractivity contribution in [1.29, 1.82) is 0 Å². The van der Waals surface area contributed by atoms with E-state index in [1.54, 1.807) is 0 Å². The lowest BCUT2D eigenvalue weighted by Gasteiger charge is -2.19. The van der Waals surface area contributed by atoms with Crippen molar-refractivity contribution < 1.29 is 5.11 Å². The third kappa shape index (κ3) is 3.12. The number of hydrogen-bond acceptors (Lipinski definition) is 2. The summed E-state index contributed by atoms with van der Waals surface area (Å²) in [7, 11) is 0. The van der Waals surface area contributed by atoms with Crippen molar-refractivity contribution in [1.82, 2.24) is 0 Å². The molecule has 0 unspecified atom stereocenters. The second kappa shape index (κ2) is 6.03. The molecule has 0 bridgehead atoms. The zero-order chi connectivity index (χ0) is 13.0. The standard InChI is InChI=1S/C16H23NO/c1-12-8-9-13(2)16(18)15(12)11-17-10-14-6-4-3-5-7-14/h8-9,11,14,18H,3-7,10H2,1-2H3. The summed E-state index contributed by atoms with van der Waals surface area (Å²) in [4.78, 5) is 4.54. The Balaban J connectivity index is 2.02. The molecular weight excluding hydrogens is 222 g/mol. The molecule has 1 aliphatic rings. The van der Waals surface area contributed by atoms with Gasteiger partial charge in [0.05, 0.1) is 0 Å². The van der Waals surface area contributed by atoms with Crippen LogP contribution >= 0.6 is 0 Å². The molecule has 1 fully saturated rings. The number of phenolic OH excluding ortho intramolecular Hbond substituents is 1. The van der Waals surface area contributed by atoms with Gasteiger partial charge in [0.15, 0.2) is 0 Å². The lowest BCUT2D eigenvalue weighted by molar-refractivity contribution is 0.367. The van der Waals surface area contributed by atoms with Gasteiger partial charge in [-0.05, 0) is 43.7 Å². The van der Waals surface area contributed by atoms with E-state index in [1.165, 1.54) is 32.1 Å². The Morgan fingerprint density at radius 1 is 1.17 bits per heavy atom. The van der Waals surface area contributed by atoms with Gasteiger partial charge in [0.25, 0.3) is 0 Å². The molecule has 18 heavy (non-hydrogen) atoms. The van der Waals surface area contributed by atoms with E-state index >= 15 is 0 Å². The van der Waals surface area contributed by atoms with Crippen LogP contribution in [-0.2, 0) is 0 Å². The van der Waals surface area contributed by atoms with E-state index in [2.05, 4.69) is 4.99 Å². The Morgan fingerprint density at radius 2 is 1.83 bits per heavy atom. The van der Waals surface area contributed by atoms with E-state index in [1.807, 2.05) is 32.2 Å². The van der Waals surface area contributed by atoms with Gasteiger partial charge in [0.2, 0.25) is 0 Å². The monoisotopic (exact) mass is 245 g/mol. The molecule has 98 valence electrons. The fourth-order valence-corrected chi connectivity index (χ4v) is 2.64. The first kappa shape index (κ1) is 13.1. The van der Waals surface area contributed by atoms with Gasteiger partial charge in [-0.3, -0.25) is 4.99 Å². The topological polar surface area (TPSA) is 32.6 Å². The van der Waals surface area contributed by atoms with E-state index in [9.17, 15) is 5.11 Å². The highest BCUT2D eigenvalue weighted by Crippen LogP contribution is 2.25. The van der Waals surface area contributed by atoms with E-state index in [-0.39, 0.29) is 0 Å². The number of aliphatic imine (C=N–C) groups is 1. The number of rotatable bonds is 3. The molecule has 1 saturated carbocycles. The average molecular weight is 245 g/mol. The summed E-state index contributed by atoms with van der Waals surface area (Å²) in [6, 6.07) is 3.99. The Morgan fingerprint density at radius 3 is 2.56 bits per heavy atom. The van der Waals surface area contributed by atoms with Crippen molar-refractivity contribution in [3.63, 3.8) is 0 Å². The van der Waals surface area contributed by atoms with Crippen molar-refractivity contribution in [3.8, 4) is 5.75 Å². The van der Waals surface area contributed by atoms with Gasteiger partial charge in [0.1, 0.15) is 5.75 Å². The fraction of sp³-hybridized carbons (Fsp3) is 0.562. The van der Waals surface area contributed by atoms with Gasteiger partial charge < -0.3 is 5.11 Å². The van der Waals surface area contributed by atoms with Crippen LogP contribution in [0.1, 0.15) is 48.8 Å². The van der Waals surface area contributed by atoms with Crippen LogP contribution in [0.25, 0.3) is 0 Å². The molecule has 0 amide bonds. The van der Waals surface area contributed by atoms with Gasteiger partial charge in [-0.15, -0.1) is 0 Å². The van der Waals surface area contributed by atoms with Crippen LogP contribution in [0.3, 0.4) is 0 Å². The van der Waals surface area contributed by atoms with Gasteiger partial charge in [0, 0.05) is 18.3 Å². The molecule has 1 aromatic rings. The quantitative estimate of drug-likeness (QED) is 0.802. The molecule has 1 aliphatic carbocycles. The number of aromatic hydroxyl groups is 1. The maximum absolute atomic E-state index is 10.0. The molecule has 1 N–H and O–H groups in total. The number of hydrogen-bond donors (Lipinski definition) is 1. The lowest BCUT2D eigenvalue weighted by Crippen LogP contribution is -2.09. The second-order valence-electron chi connectivity index (χ2n) is 5.46. The zero-order valence-corrected chi connectivity index (χ0v) is 11.4. The SMILES string of the molecule is Cc1ccc(C)c(C=NCC2CCCCC2)c1O. The van der Waals surface area contributed by atoms with E-state index < -0.39 is 0 Å². The molecule has 0 spiro atoms. The Bertz CT molecular complexity index is 431. The van der Waals surface area contributed by atoms with Gasteiger partial charge >= 0.3 is 0 Å². The molecule has 0 atom stereocenters. The molecule has 1 aromatic carbocycles. The van der Waals surface area contributed by atoms with Gasteiger partial charge in [-0.25, -0.2) is 0 Å². The number of aryl methyl sites for hydroxylation is 2. The Hall–Kier alpha value is -1.31. The van der Waals surface area contributed by atoms with E-state index in [0.717, 1.165) is 29.2 Å². The van der Waals surface area contributed by atoms with Crippen LogP contribution in [0.4, 0.5) is 0 Å². The smallest absolute Gasteiger partial charge is 0.127 e. The van der Waals surface area contributed by atoms with Crippen molar-refractivity contribution in [2.75, 3.05) is 6.54 Å². The largest absolute Gasteiger partial charge is 0.507 e. The Labute approximate surface area is 110 Å². The predicted octanol–water partition coefficient (Wildman–Crippen LogP) is 4.01. The predicted molar refractivity (Wildman–Crippen MR) is 76.6 cm³/mol. The molecule has 2 rings (SSSR count). The molecule has 0 aromatic heterocycles. The highest BCUT2D eigenvalue weighted by molar-refractivity contribution is 5.86. The maximum atomic E-state index is 10.0. The summed E-state index contributed by atoms with van der Waals surface area (Å²) >= 11 is 0. The van der Waals surface area contributed by atoms with Crippen LogP contribution in [0.15, 0.2) is 17.1 Å². The molecule has 0 radical (unpaired) electrons. The first-order valence-corrected chi connectivity index (χ1v) is 6.97. The van der Waals surface area contributed by atoms with Crippen LogP contribution in [0.5, 0.6) is 5.75 Å². The summed E-state index contributed by atoms with van der Waals surface area (Å²) in [6.45, 7) is 4.85. The van der Waals surface area contributed by atoms with Crippen LogP contribution in [-0.4, -0.2) is 17.9 Å². The summed E-state index contributed by atoms with van der Waals surface area (Å²) in [5.41, 5.74) is 2.89. The molecular formula is C16H23NO. The lowest BCUT2D eigenvalue weighted by atomic mass is 9.89. The van der Waals surface area contributed by atoms with Gasteiger partial charge in [-0.2, -0.15) is 0 Å². The van der Waals surface area contributed by atoms with Crippen molar-refractivity contribution >= 4 is 6.21 Å². The normalized spacial score (nSPS) is 17.4. The average Bonchev–Trinajstić information content (AvgIpc) is 2.39. The highest BCUT2D eigenvalue weighted by atomic mass is 16.3. The zero-order valence-electron chi connectivity index (χ0n) is 11.4.